The van der Waals surface area contributed by atoms with E-state index in [-0.39, 0.29) is 12.2 Å². The summed E-state index contributed by atoms with van der Waals surface area (Å²) in [6.07, 6.45) is 5.82. The minimum Gasteiger partial charge on any atom is -0.394 e. The van der Waals surface area contributed by atoms with Crippen molar-refractivity contribution in [2.24, 2.45) is 11.7 Å². The summed E-state index contributed by atoms with van der Waals surface area (Å²) in [6, 6.07) is 0. The highest BCUT2D eigenvalue weighted by Gasteiger charge is 2.34. The molecule has 3 heteroatoms. The molecule has 14 heavy (non-hydrogen) atoms. The molecule has 84 valence electrons. The highest BCUT2D eigenvalue weighted by atomic mass is 16.5. The van der Waals surface area contributed by atoms with E-state index in [0.29, 0.717) is 13.2 Å². The van der Waals surface area contributed by atoms with E-state index < -0.39 is 0 Å². The van der Waals surface area contributed by atoms with Crippen molar-refractivity contribution < 1.29 is 9.84 Å². The molecule has 0 aromatic heterocycles. The monoisotopic (exact) mass is 201 g/mol. The first-order valence-corrected chi connectivity index (χ1v) is 5.71. The highest BCUT2D eigenvalue weighted by molar-refractivity contribution is 4.87. The first kappa shape index (κ1) is 12.0. The number of hydrogen-bond acceptors (Lipinski definition) is 3. The van der Waals surface area contributed by atoms with Crippen molar-refractivity contribution in [3.8, 4) is 0 Å². The second-order valence-electron chi connectivity index (χ2n) is 4.31. The van der Waals surface area contributed by atoms with Crippen LogP contribution in [-0.4, -0.2) is 30.5 Å². The molecule has 0 heterocycles. The van der Waals surface area contributed by atoms with Crippen LogP contribution in [0.4, 0.5) is 0 Å². The van der Waals surface area contributed by atoms with Gasteiger partial charge < -0.3 is 15.6 Å². The fraction of sp³-hybridized carbons (Fsp3) is 1.00. The van der Waals surface area contributed by atoms with E-state index in [4.69, 9.17) is 15.6 Å². The van der Waals surface area contributed by atoms with Gasteiger partial charge in [0, 0.05) is 6.54 Å². The molecule has 3 nitrogen and oxygen atoms in total. The number of rotatable bonds is 5. The highest BCUT2D eigenvalue weighted by Crippen LogP contribution is 2.35. The molecule has 0 radical (unpaired) electrons. The topological polar surface area (TPSA) is 55.5 Å². The van der Waals surface area contributed by atoms with Crippen LogP contribution in [0.5, 0.6) is 0 Å². The Labute approximate surface area is 86.6 Å². The first-order valence-electron chi connectivity index (χ1n) is 5.71. The zero-order valence-electron chi connectivity index (χ0n) is 9.17. The number of ether oxygens (including phenoxy) is 1. The van der Waals surface area contributed by atoms with E-state index in [2.05, 4.69) is 6.92 Å². The summed E-state index contributed by atoms with van der Waals surface area (Å²) in [6.45, 7) is 3.35. The van der Waals surface area contributed by atoms with Crippen LogP contribution in [0, 0.1) is 5.92 Å². The van der Waals surface area contributed by atoms with Crippen molar-refractivity contribution >= 4 is 0 Å². The van der Waals surface area contributed by atoms with Crippen LogP contribution in [-0.2, 0) is 4.74 Å². The van der Waals surface area contributed by atoms with E-state index in [9.17, 15) is 0 Å². The van der Waals surface area contributed by atoms with E-state index in [1.807, 2.05) is 0 Å². The molecular weight excluding hydrogens is 178 g/mol. The van der Waals surface area contributed by atoms with Gasteiger partial charge in [-0.05, 0) is 31.6 Å². The van der Waals surface area contributed by atoms with Gasteiger partial charge in [0.2, 0.25) is 0 Å². The molecule has 1 saturated carbocycles. The van der Waals surface area contributed by atoms with Crippen LogP contribution in [0.1, 0.15) is 39.0 Å². The third-order valence-electron chi connectivity index (χ3n) is 3.47. The van der Waals surface area contributed by atoms with Gasteiger partial charge in [0.05, 0.1) is 18.8 Å². The van der Waals surface area contributed by atoms with Crippen LogP contribution >= 0.6 is 0 Å². The van der Waals surface area contributed by atoms with Crippen LogP contribution in [0.3, 0.4) is 0 Å². The van der Waals surface area contributed by atoms with Crippen molar-refractivity contribution in [1.29, 1.82) is 0 Å². The maximum Gasteiger partial charge on any atom is 0.0805 e. The van der Waals surface area contributed by atoms with Gasteiger partial charge in [0.1, 0.15) is 0 Å². The summed E-state index contributed by atoms with van der Waals surface area (Å²) >= 11 is 0. The quantitative estimate of drug-likeness (QED) is 0.705. The standard InChI is InChI=1S/C11H23NO2/c1-2-10-3-5-11(9-12,6-4-10)14-8-7-13/h10,13H,2-9,12H2,1H3. The number of hydrogen-bond donors (Lipinski definition) is 2. The molecule has 0 saturated heterocycles. The summed E-state index contributed by atoms with van der Waals surface area (Å²) in [4.78, 5) is 0. The summed E-state index contributed by atoms with van der Waals surface area (Å²) in [5.74, 6) is 0.854. The molecule has 1 fully saturated rings. The van der Waals surface area contributed by atoms with E-state index in [1.54, 1.807) is 0 Å². The van der Waals surface area contributed by atoms with Gasteiger partial charge in [-0.1, -0.05) is 13.3 Å². The summed E-state index contributed by atoms with van der Waals surface area (Å²) in [5, 5.41) is 8.74. The van der Waals surface area contributed by atoms with Crippen molar-refractivity contribution in [2.45, 2.75) is 44.6 Å². The van der Waals surface area contributed by atoms with Gasteiger partial charge in [-0.25, -0.2) is 0 Å². The zero-order chi connectivity index (χ0) is 10.4. The van der Waals surface area contributed by atoms with Crippen molar-refractivity contribution in [3.63, 3.8) is 0 Å². The smallest absolute Gasteiger partial charge is 0.0805 e. The molecule has 0 bridgehead atoms. The van der Waals surface area contributed by atoms with Crippen molar-refractivity contribution in [2.75, 3.05) is 19.8 Å². The lowest BCUT2D eigenvalue weighted by Gasteiger charge is -2.39. The summed E-state index contributed by atoms with van der Waals surface area (Å²) < 4.78 is 5.69. The molecule has 3 N–H and O–H groups in total. The molecule has 1 aliphatic rings. The third-order valence-corrected chi connectivity index (χ3v) is 3.47. The second kappa shape index (κ2) is 5.69. The van der Waals surface area contributed by atoms with Gasteiger partial charge in [-0.2, -0.15) is 0 Å². The molecule has 0 aliphatic heterocycles. The lowest BCUT2D eigenvalue weighted by atomic mass is 9.77. The van der Waals surface area contributed by atoms with Crippen LogP contribution < -0.4 is 5.73 Å². The Balaban J connectivity index is 2.39. The minimum atomic E-state index is -0.131. The normalized spacial score (nSPS) is 33.2. The first-order chi connectivity index (χ1) is 6.76. The Morgan fingerprint density at radius 3 is 2.50 bits per heavy atom. The molecular formula is C11H23NO2. The van der Waals surface area contributed by atoms with E-state index in [1.165, 1.54) is 19.3 Å². The van der Waals surface area contributed by atoms with Crippen LogP contribution in [0.15, 0.2) is 0 Å². The Kier molecular flexibility index (Phi) is 4.85. The molecule has 1 rings (SSSR count). The molecule has 1 aliphatic carbocycles. The third kappa shape index (κ3) is 2.94. The molecule has 0 aromatic rings. The van der Waals surface area contributed by atoms with E-state index in [0.717, 1.165) is 18.8 Å². The summed E-state index contributed by atoms with van der Waals surface area (Å²) in [7, 11) is 0. The van der Waals surface area contributed by atoms with Crippen molar-refractivity contribution in [1.82, 2.24) is 0 Å². The van der Waals surface area contributed by atoms with Crippen molar-refractivity contribution in [3.05, 3.63) is 0 Å². The average molecular weight is 201 g/mol. The SMILES string of the molecule is CCC1CCC(CN)(OCCO)CC1. The Morgan fingerprint density at radius 2 is 2.07 bits per heavy atom. The summed E-state index contributed by atoms with van der Waals surface area (Å²) in [5.41, 5.74) is 5.63. The van der Waals surface area contributed by atoms with Gasteiger partial charge >= 0.3 is 0 Å². The number of aliphatic hydroxyl groups excluding tert-OH is 1. The van der Waals surface area contributed by atoms with Gasteiger partial charge in [0.25, 0.3) is 0 Å². The average Bonchev–Trinajstić information content (AvgIpc) is 2.27. The predicted molar refractivity (Wildman–Crippen MR) is 57.1 cm³/mol. The van der Waals surface area contributed by atoms with Gasteiger partial charge in [0.15, 0.2) is 0 Å². The Hall–Kier alpha value is -0.120. The number of nitrogens with two attached hydrogens (primary N) is 1. The molecule has 0 atom stereocenters. The van der Waals surface area contributed by atoms with Crippen LogP contribution in [0.2, 0.25) is 0 Å². The van der Waals surface area contributed by atoms with Crippen LogP contribution in [0.25, 0.3) is 0 Å². The fourth-order valence-corrected chi connectivity index (χ4v) is 2.28. The Bertz CT molecular complexity index is 153. The lowest BCUT2D eigenvalue weighted by Crippen LogP contribution is -2.44. The van der Waals surface area contributed by atoms with Gasteiger partial charge in [-0.15, -0.1) is 0 Å². The molecule has 0 amide bonds. The largest absolute Gasteiger partial charge is 0.394 e. The molecule has 0 aromatic carbocycles. The van der Waals surface area contributed by atoms with Gasteiger partial charge in [-0.3, -0.25) is 0 Å². The zero-order valence-corrected chi connectivity index (χ0v) is 9.17. The Morgan fingerprint density at radius 1 is 1.43 bits per heavy atom. The molecule has 0 spiro atoms. The lowest BCUT2D eigenvalue weighted by molar-refractivity contribution is -0.0811. The minimum absolute atomic E-state index is 0.0962. The number of aliphatic hydroxyl groups is 1. The van der Waals surface area contributed by atoms with E-state index >= 15 is 0 Å². The second-order valence-corrected chi connectivity index (χ2v) is 4.31. The molecule has 0 unspecified atom stereocenters. The fourth-order valence-electron chi connectivity index (χ4n) is 2.28. The maximum atomic E-state index is 8.74. The predicted octanol–water partition coefficient (Wildman–Crippen LogP) is 1.29. The maximum absolute atomic E-state index is 8.74.